The molecule has 1 aromatic rings. The van der Waals surface area contributed by atoms with Crippen LogP contribution >= 0.6 is 0 Å². The fraction of sp³-hybridized carbons (Fsp3) is 0.579. The zero-order valence-corrected chi connectivity index (χ0v) is 14.4. The first kappa shape index (κ1) is 16.5. The normalized spacial score (nSPS) is 28.4. The van der Waals surface area contributed by atoms with E-state index in [1.54, 1.807) is 6.07 Å². The van der Waals surface area contributed by atoms with Gasteiger partial charge in [0.25, 0.3) is 0 Å². The van der Waals surface area contributed by atoms with E-state index in [0.29, 0.717) is 18.5 Å². The van der Waals surface area contributed by atoms with Gasteiger partial charge in [0.15, 0.2) is 0 Å². The van der Waals surface area contributed by atoms with Gasteiger partial charge < -0.3 is 10.1 Å². The summed E-state index contributed by atoms with van der Waals surface area (Å²) >= 11 is 0. The Hall–Kier alpha value is -1.95. The van der Waals surface area contributed by atoms with Gasteiger partial charge in [-0.15, -0.1) is 0 Å². The standard InChI is InChI=1S/C19H23FN2O3/c1-25-18(24)14-8-13-4-7-22(10-15(13)16(20)9-14)11-19-5-2-12(3-6-19)17(23)21-19/h8-9,12H,2-7,10-11H2,1H3,(H,21,23). The average molecular weight is 346 g/mol. The summed E-state index contributed by atoms with van der Waals surface area (Å²) in [6.07, 6.45) is 4.65. The predicted octanol–water partition coefficient (Wildman–Crippen LogP) is 2.03. The maximum atomic E-state index is 14.5. The molecule has 3 aliphatic heterocycles. The number of methoxy groups -OCH3 is 1. The van der Waals surface area contributed by atoms with Crippen molar-refractivity contribution in [1.82, 2.24) is 10.2 Å². The predicted molar refractivity (Wildman–Crippen MR) is 89.6 cm³/mol. The summed E-state index contributed by atoms with van der Waals surface area (Å²) in [7, 11) is 1.30. The summed E-state index contributed by atoms with van der Waals surface area (Å²) in [5, 5.41) is 3.21. The van der Waals surface area contributed by atoms with Crippen LogP contribution in [0.2, 0.25) is 0 Å². The number of amides is 1. The Morgan fingerprint density at radius 1 is 1.40 bits per heavy atom. The van der Waals surface area contributed by atoms with E-state index in [2.05, 4.69) is 15.0 Å². The minimum Gasteiger partial charge on any atom is -0.465 e. The van der Waals surface area contributed by atoms with Crippen LogP contribution in [0.3, 0.4) is 0 Å². The molecule has 0 aromatic heterocycles. The molecular weight excluding hydrogens is 323 g/mol. The van der Waals surface area contributed by atoms with Crippen molar-refractivity contribution in [2.24, 2.45) is 5.92 Å². The Bertz CT molecular complexity index is 726. The molecule has 1 amide bonds. The van der Waals surface area contributed by atoms with Crippen molar-refractivity contribution in [1.29, 1.82) is 0 Å². The molecule has 1 saturated carbocycles. The van der Waals surface area contributed by atoms with Gasteiger partial charge in [0.2, 0.25) is 5.91 Å². The first-order valence-electron chi connectivity index (χ1n) is 8.94. The number of nitrogens with zero attached hydrogens (tertiary/aromatic N) is 1. The third-order valence-corrected chi connectivity index (χ3v) is 6.02. The van der Waals surface area contributed by atoms with Gasteiger partial charge in [0.05, 0.1) is 18.2 Å². The number of fused-ring (bicyclic) bond motifs is 4. The molecule has 6 heteroatoms. The van der Waals surface area contributed by atoms with E-state index in [-0.39, 0.29) is 28.7 Å². The summed E-state index contributed by atoms with van der Waals surface area (Å²) in [6, 6.07) is 3.01. The zero-order valence-electron chi connectivity index (χ0n) is 14.4. The molecule has 3 heterocycles. The Balaban J connectivity index is 1.51. The zero-order chi connectivity index (χ0) is 17.6. The monoisotopic (exact) mass is 346 g/mol. The number of benzene rings is 1. The second-order valence-electron chi connectivity index (χ2n) is 7.59. The highest BCUT2D eigenvalue weighted by molar-refractivity contribution is 5.89. The molecule has 0 spiro atoms. The van der Waals surface area contributed by atoms with Gasteiger partial charge in [-0.3, -0.25) is 9.69 Å². The maximum absolute atomic E-state index is 14.5. The van der Waals surface area contributed by atoms with Crippen molar-refractivity contribution in [3.63, 3.8) is 0 Å². The van der Waals surface area contributed by atoms with Crippen LogP contribution < -0.4 is 5.32 Å². The van der Waals surface area contributed by atoms with Crippen LogP contribution in [0.15, 0.2) is 12.1 Å². The second-order valence-corrected chi connectivity index (χ2v) is 7.59. The third-order valence-electron chi connectivity index (χ3n) is 6.02. The first-order valence-corrected chi connectivity index (χ1v) is 8.94. The second kappa shape index (κ2) is 6.09. The van der Waals surface area contributed by atoms with E-state index < -0.39 is 5.97 Å². The van der Waals surface area contributed by atoms with Gasteiger partial charge in [-0.2, -0.15) is 0 Å². The summed E-state index contributed by atoms with van der Waals surface area (Å²) in [5.74, 6) is -0.483. The van der Waals surface area contributed by atoms with Gasteiger partial charge in [0.1, 0.15) is 5.82 Å². The van der Waals surface area contributed by atoms with Crippen molar-refractivity contribution in [2.45, 2.75) is 44.2 Å². The summed E-state index contributed by atoms with van der Waals surface area (Å²) in [4.78, 5) is 25.9. The number of nitrogens with one attached hydrogen (secondary N) is 1. The van der Waals surface area contributed by atoms with Crippen LogP contribution in [0.5, 0.6) is 0 Å². The van der Waals surface area contributed by atoms with Crippen LogP contribution in [0.4, 0.5) is 4.39 Å². The summed E-state index contributed by atoms with van der Waals surface area (Å²) < 4.78 is 19.2. The molecule has 5 rings (SSSR count). The molecule has 2 bridgehead atoms. The first-order chi connectivity index (χ1) is 12.0. The van der Waals surface area contributed by atoms with Crippen molar-refractivity contribution in [2.75, 3.05) is 20.2 Å². The van der Waals surface area contributed by atoms with Gasteiger partial charge >= 0.3 is 5.97 Å². The van der Waals surface area contributed by atoms with E-state index in [4.69, 9.17) is 0 Å². The molecule has 3 fully saturated rings. The number of carbonyl (C=O) groups excluding carboxylic acids is 2. The van der Waals surface area contributed by atoms with E-state index >= 15 is 0 Å². The van der Waals surface area contributed by atoms with Crippen LogP contribution in [0.25, 0.3) is 0 Å². The van der Waals surface area contributed by atoms with E-state index in [9.17, 15) is 14.0 Å². The smallest absolute Gasteiger partial charge is 0.337 e. The van der Waals surface area contributed by atoms with E-state index in [1.165, 1.54) is 13.2 Å². The lowest BCUT2D eigenvalue weighted by atomic mass is 9.71. The van der Waals surface area contributed by atoms with Crippen molar-refractivity contribution >= 4 is 11.9 Å². The fourth-order valence-corrected chi connectivity index (χ4v) is 4.59. The van der Waals surface area contributed by atoms with Crippen molar-refractivity contribution in [3.05, 3.63) is 34.6 Å². The minimum atomic E-state index is -0.510. The molecule has 0 radical (unpaired) electrons. The highest BCUT2D eigenvalue weighted by Crippen LogP contribution is 2.38. The number of piperidine rings is 2. The molecule has 1 aliphatic carbocycles. The van der Waals surface area contributed by atoms with Gasteiger partial charge in [0, 0.05) is 31.1 Å². The maximum Gasteiger partial charge on any atom is 0.337 e. The van der Waals surface area contributed by atoms with E-state index in [1.807, 2.05) is 0 Å². The number of ether oxygens (including phenoxy) is 1. The van der Waals surface area contributed by atoms with Crippen LogP contribution in [0.1, 0.15) is 47.2 Å². The molecule has 5 nitrogen and oxygen atoms in total. The molecule has 134 valence electrons. The Kier molecular flexibility index (Phi) is 4.02. The molecular formula is C19H23FN2O3. The molecule has 2 saturated heterocycles. The molecule has 0 atom stereocenters. The lowest BCUT2D eigenvalue weighted by Crippen LogP contribution is -2.63. The number of esters is 1. The quantitative estimate of drug-likeness (QED) is 0.851. The number of carbonyl (C=O) groups is 2. The van der Waals surface area contributed by atoms with Crippen LogP contribution in [0, 0.1) is 11.7 Å². The summed E-state index contributed by atoms with van der Waals surface area (Å²) in [6.45, 7) is 2.09. The lowest BCUT2D eigenvalue weighted by molar-refractivity contribution is -0.134. The highest BCUT2D eigenvalue weighted by Gasteiger charge is 2.45. The SMILES string of the molecule is COC(=O)c1cc(F)c2c(c1)CCN(CC13CCC(CC1)C(=O)N3)C2. The number of halogens is 1. The number of hydrogen-bond acceptors (Lipinski definition) is 4. The largest absolute Gasteiger partial charge is 0.465 e. The topological polar surface area (TPSA) is 58.6 Å². The Morgan fingerprint density at radius 3 is 2.84 bits per heavy atom. The lowest BCUT2D eigenvalue weighted by Gasteiger charge is -2.49. The average Bonchev–Trinajstić information content (AvgIpc) is 2.62. The van der Waals surface area contributed by atoms with Crippen LogP contribution in [-0.4, -0.2) is 42.5 Å². The molecule has 1 aromatic carbocycles. The highest BCUT2D eigenvalue weighted by atomic mass is 19.1. The fourth-order valence-electron chi connectivity index (χ4n) is 4.59. The van der Waals surface area contributed by atoms with Gasteiger partial charge in [-0.05, 0) is 49.8 Å². The minimum absolute atomic E-state index is 0.147. The van der Waals surface area contributed by atoms with E-state index in [0.717, 1.165) is 44.3 Å². The molecule has 25 heavy (non-hydrogen) atoms. The molecule has 0 unspecified atom stereocenters. The molecule has 4 aliphatic rings. The van der Waals surface area contributed by atoms with Gasteiger partial charge in [-0.25, -0.2) is 9.18 Å². The Labute approximate surface area is 146 Å². The molecule has 1 N–H and O–H groups in total. The third kappa shape index (κ3) is 2.92. The van der Waals surface area contributed by atoms with Crippen molar-refractivity contribution in [3.8, 4) is 0 Å². The van der Waals surface area contributed by atoms with Crippen molar-refractivity contribution < 1.29 is 18.7 Å². The Morgan fingerprint density at radius 2 is 2.16 bits per heavy atom. The van der Waals surface area contributed by atoms with Crippen LogP contribution in [-0.2, 0) is 22.5 Å². The number of hydrogen-bond donors (Lipinski definition) is 1. The number of rotatable bonds is 3. The summed E-state index contributed by atoms with van der Waals surface area (Å²) in [5.41, 5.74) is 1.66. The van der Waals surface area contributed by atoms with Gasteiger partial charge in [-0.1, -0.05) is 0 Å².